The van der Waals surface area contributed by atoms with Crippen molar-refractivity contribution in [1.82, 2.24) is 24.7 Å². The van der Waals surface area contributed by atoms with Crippen molar-refractivity contribution in [3.8, 4) is 0 Å². The Labute approximate surface area is 168 Å². The molecular weight excluding hydrogens is 372 g/mol. The van der Waals surface area contributed by atoms with Crippen LogP contribution in [0.4, 0.5) is 5.82 Å². The van der Waals surface area contributed by atoms with Crippen LogP contribution in [0.2, 0.25) is 0 Å². The normalized spacial score (nSPS) is 14.4. The molecule has 1 amide bonds. The van der Waals surface area contributed by atoms with E-state index in [2.05, 4.69) is 32.4 Å². The Morgan fingerprint density at radius 2 is 2.04 bits per heavy atom. The first-order valence-electron chi connectivity index (χ1n) is 9.36. The minimum atomic E-state index is -0.230. The average Bonchev–Trinajstić information content (AvgIpc) is 3.12. The molecule has 144 valence electrons. The highest BCUT2D eigenvalue weighted by molar-refractivity contribution is 7.99. The van der Waals surface area contributed by atoms with E-state index >= 15 is 0 Å². The number of fused-ring (bicyclic) bond motifs is 1. The van der Waals surface area contributed by atoms with Crippen molar-refractivity contribution in [3.05, 3.63) is 59.3 Å². The molecule has 8 heteroatoms. The molecule has 0 radical (unpaired) electrons. The third kappa shape index (κ3) is 4.06. The van der Waals surface area contributed by atoms with Gasteiger partial charge in [0.25, 0.3) is 5.91 Å². The van der Waals surface area contributed by atoms with Crippen LogP contribution in [0.1, 0.15) is 52.2 Å². The van der Waals surface area contributed by atoms with Gasteiger partial charge in [0.2, 0.25) is 0 Å². The van der Waals surface area contributed by atoms with Gasteiger partial charge in [0, 0.05) is 24.7 Å². The fourth-order valence-electron chi connectivity index (χ4n) is 3.29. The molecule has 3 aromatic heterocycles. The van der Waals surface area contributed by atoms with Crippen molar-refractivity contribution in [2.75, 3.05) is 5.32 Å². The fourth-order valence-corrected chi connectivity index (χ4v) is 4.20. The number of carbonyl (C=O) groups is 1. The molecule has 0 spiro atoms. The van der Waals surface area contributed by atoms with Crippen LogP contribution in [-0.4, -0.2) is 30.6 Å². The molecule has 7 nitrogen and oxygen atoms in total. The quantitative estimate of drug-likeness (QED) is 0.666. The van der Waals surface area contributed by atoms with Crippen molar-refractivity contribution in [3.63, 3.8) is 0 Å². The second kappa shape index (κ2) is 8.10. The lowest BCUT2D eigenvalue weighted by Crippen LogP contribution is -2.16. The molecule has 3 aromatic rings. The highest BCUT2D eigenvalue weighted by Crippen LogP contribution is 2.33. The maximum atomic E-state index is 12.6. The van der Waals surface area contributed by atoms with Gasteiger partial charge in [-0.15, -0.1) is 10.2 Å². The molecule has 1 aliphatic carbocycles. The van der Waals surface area contributed by atoms with Crippen LogP contribution >= 0.6 is 11.8 Å². The van der Waals surface area contributed by atoms with E-state index in [1.54, 1.807) is 24.3 Å². The summed E-state index contributed by atoms with van der Waals surface area (Å²) in [7, 11) is 1.92. The Balaban J connectivity index is 1.47. The molecule has 0 aromatic carbocycles. The Morgan fingerprint density at radius 3 is 2.82 bits per heavy atom. The standard InChI is InChI=1S/C20H22N6OS/c1-13(28-20-25-23-12-26(20)2)14-7-8-21-18(10-14)24-19(27)17-9-15-5-3-4-6-16(15)11-22-17/h7-13H,3-6H2,1-2H3,(H,21,24,27)/t13-/m0/s1. The summed E-state index contributed by atoms with van der Waals surface area (Å²) in [4.78, 5) is 21.3. The molecule has 0 saturated heterocycles. The van der Waals surface area contributed by atoms with E-state index in [0.717, 1.165) is 23.6 Å². The van der Waals surface area contributed by atoms with Crippen LogP contribution < -0.4 is 5.32 Å². The third-order valence-electron chi connectivity index (χ3n) is 4.90. The molecule has 0 bridgehead atoms. The second-order valence-electron chi connectivity index (χ2n) is 6.96. The van der Waals surface area contributed by atoms with Gasteiger partial charge in [0.15, 0.2) is 5.16 Å². The SMILES string of the molecule is C[C@H](Sc1nncn1C)c1ccnc(NC(=O)c2cc3c(cn2)CCCC3)c1. The number of pyridine rings is 2. The minimum absolute atomic E-state index is 0.142. The van der Waals surface area contributed by atoms with Gasteiger partial charge in [0.05, 0.1) is 0 Å². The molecule has 4 rings (SSSR count). The summed E-state index contributed by atoms with van der Waals surface area (Å²) >= 11 is 1.61. The molecule has 1 aliphatic rings. The van der Waals surface area contributed by atoms with Crippen LogP contribution in [0.3, 0.4) is 0 Å². The first-order valence-corrected chi connectivity index (χ1v) is 10.2. The average molecular weight is 395 g/mol. The number of carbonyl (C=O) groups excluding carboxylic acids is 1. The van der Waals surface area contributed by atoms with E-state index in [1.165, 1.54) is 24.0 Å². The summed E-state index contributed by atoms with van der Waals surface area (Å²) in [5.74, 6) is 0.291. The zero-order valence-electron chi connectivity index (χ0n) is 15.9. The first kappa shape index (κ1) is 18.6. The number of nitrogens with zero attached hydrogens (tertiary/aromatic N) is 5. The maximum absolute atomic E-state index is 12.6. The predicted molar refractivity (Wildman–Crippen MR) is 108 cm³/mol. The molecule has 28 heavy (non-hydrogen) atoms. The van der Waals surface area contributed by atoms with Gasteiger partial charge in [-0.3, -0.25) is 9.78 Å². The van der Waals surface area contributed by atoms with Crippen molar-refractivity contribution in [2.24, 2.45) is 7.05 Å². The van der Waals surface area contributed by atoms with Crippen molar-refractivity contribution in [2.45, 2.75) is 43.0 Å². The summed E-state index contributed by atoms with van der Waals surface area (Å²) in [6.45, 7) is 2.09. The molecule has 0 saturated carbocycles. The van der Waals surface area contributed by atoms with E-state index in [0.29, 0.717) is 11.5 Å². The van der Waals surface area contributed by atoms with E-state index in [-0.39, 0.29) is 11.2 Å². The minimum Gasteiger partial charge on any atom is -0.312 e. The lowest BCUT2D eigenvalue weighted by Gasteiger charge is -2.16. The molecule has 1 N–H and O–H groups in total. The van der Waals surface area contributed by atoms with E-state index in [1.807, 2.05) is 36.0 Å². The molecule has 0 fully saturated rings. The highest BCUT2D eigenvalue weighted by atomic mass is 32.2. The summed E-state index contributed by atoms with van der Waals surface area (Å²) in [5, 5.41) is 11.9. The van der Waals surface area contributed by atoms with Gasteiger partial charge in [-0.2, -0.15) is 0 Å². The van der Waals surface area contributed by atoms with Crippen LogP contribution in [-0.2, 0) is 19.9 Å². The van der Waals surface area contributed by atoms with Crippen LogP contribution in [0.25, 0.3) is 0 Å². The number of thioether (sulfide) groups is 1. The van der Waals surface area contributed by atoms with Gasteiger partial charge in [0.1, 0.15) is 17.8 Å². The van der Waals surface area contributed by atoms with Gasteiger partial charge in [-0.1, -0.05) is 11.8 Å². The number of aromatic nitrogens is 5. The number of hydrogen-bond acceptors (Lipinski definition) is 6. The van der Waals surface area contributed by atoms with Crippen molar-refractivity contribution >= 4 is 23.5 Å². The Bertz CT molecular complexity index is 1000. The van der Waals surface area contributed by atoms with Gasteiger partial charge in [-0.25, -0.2) is 4.98 Å². The lowest BCUT2D eigenvalue weighted by molar-refractivity contribution is 0.102. The maximum Gasteiger partial charge on any atom is 0.275 e. The number of hydrogen-bond donors (Lipinski definition) is 1. The molecular formula is C20H22N6OS. The van der Waals surface area contributed by atoms with E-state index in [9.17, 15) is 4.79 Å². The van der Waals surface area contributed by atoms with E-state index in [4.69, 9.17) is 0 Å². The first-order chi connectivity index (χ1) is 13.6. The third-order valence-corrected chi connectivity index (χ3v) is 6.11. The molecule has 0 aliphatic heterocycles. The van der Waals surface area contributed by atoms with Crippen molar-refractivity contribution < 1.29 is 4.79 Å². The second-order valence-corrected chi connectivity index (χ2v) is 8.27. The monoisotopic (exact) mass is 394 g/mol. The summed E-state index contributed by atoms with van der Waals surface area (Å²) in [6.07, 6.45) is 9.66. The zero-order chi connectivity index (χ0) is 19.5. The topological polar surface area (TPSA) is 85.6 Å². The summed E-state index contributed by atoms with van der Waals surface area (Å²) < 4.78 is 1.88. The molecule has 0 unspecified atom stereocenters. The van der Waals surface area contributed by atoms with Gasteiger partial charge >= 0.3 is 0 Å². The Kier molecular flexibility index (Phi) is 5.38. The lowest BCUT2D eigenvalue weighted by atomic mass is 9.93. The van der Waals surface area contributed by atoms with E-state index < -0.39 is 0 Å². The Hall–Kier alpha value is -2.74. The highest BCUT2D eigenvalue weighted by Gasteiger charge is 2.16. The van der Waals surface area contributed by atoms with Crippen LogP contribution in [0, 0.1) is 0 Å². The zero-order valence-corrected chi connectivity index (χ0v) is 16.7. The van der Waals surface area contributed by atoms with Gasteiger partial charge in [-0.05, 0) is 67.5 Å². The van der Waals surface area contributed by atoms with Crippen LogP contribution in [0.5, 0.6) is 0 Å². The van der Waals surface area contributed by atoms with Crippen LogP contribution in [0.15, 0.2) is 42.1 Å². The number of anilines is 1. The predicted octanol–water partition coefficient (Wildman–Crippen LogP) is 3.59. The van der Waals surface area contributed by atoms with Crippen molar-refractivity contribution in [1.29, 1.82) is 0 Å². The Morgan fingerprint density at radius 1 is 1.21 bits per heavy atom. The molecule has 3 heterocycles. The summed E-state index contributed by atoms with van der Waals surface area (Å²) in [5.41, 5.74) is 3.99. The smallest absolute Gasteiger partial charge is 0.275 e. The number of amides is 1. The fraction of sp³-hybridized carbons (Fsp3) is 0.350. The summed E-state index contributed by atoms with van der Waals surface area (Å²) in [6, 6.07) is 5.76. The number of rotatable bonds is 5. The largest absolute Gasteiger partial charge is 0.312 e. The number of aryl methyl sites for hydroxylation is 3. The number of nitrogens with one attached hydrogen (secondary N) is 1. The van der Waals surface area contributed by atoms with Gasteiger partial charge < -0.3 is 9.88 Å². The molecule has 1 atom stereocenters.